The number of carboxylic acid groups (broad SMARTS) is 9. The van der Waals surface area contributed by atoms with Crippen molar-refractivity contribution in [3.05, 3.63) is 37.5 Å². The molecule has 4 atom stereocenters. The van der Waals surface area contributed by atoms with E-state index in [0.717, 1.165) is 35.0 Å². The molecular formula is C48H85N7O21. The molecule has 0 aliphatic rings. The van der Waals surface area contributed by atoms with Crippen molar-refractivity contribution >= 4 is 71.4 Å². The summed E-state index contributed by atoms with van der Waals surface area (Å²) in [6, 6.07) is -2.60. The summed E-state index contributed by atoms with van der Waals surface area (Å²) in [4.78, 5) is 138. The molecule has 438 valence electrons. The van der Waals surface area contributed by atoms with Crippen molar-refractivity contribution in [1.82, 2.24) is 30.2 Å². The molecule has 0 aromatic heterocycles. The lowest BCUT2D eigenvalue weighted by molar-refractivity contribution is -0.152. The van der Waals surface area contributed by atoms with Crippen molar-refractivity contribution in [3.8, 4) is 0 Å². The van der Waals surface area contributed by atoms with Crippen LogP contribution < -0.4 is 16.4 Å². The van der Waals surface area contributed by atoms with E-state index in [4.69, 9.17) is 25.5 Å². The quantitative estimate of drug-likeness (QED) is 0.0309. The van der Waals surface area contributed by atoms with Gasteiger partial charge in [-0.2, -0.15) is 0 Å². The number of likely N-dealkylation sites (N-methyl/N-ethyl adjacent to an activating group) is 2. The van der Waals surface area contributed by atoms with Crippen molar-refractivity contribution in [3.63, 3.8) is 0 Å². The first kappa shape index (κ1) is 80.1. The van der Waals surface area contributed by atoms with Crippen LogP contribution in [-0.2, 0) is 57.5 Å². The van der Waals surface area contributed by atoms with Crippen molar-refractivity contribution in [2.24, 2.45) is 23.0 Å². The minimum atomic E-state index is -1.40. The normalized spacial score (nSPS) is 11.9. The van der Waals surface area contributed by atoms with Crippen LogP contribution in [0.2, 0.25) is 0 Å². The fraction of sp³-hybridized carbons (Fsp3) is 0.625. The Balaban J connectivity index is -0.000000248. The monoisotopic (exact) mass is 1100 g/mol. The Morgan fingerprint density at radius 3 is 1.18 bits per heavy atom. The molecule has 28 nitrogen and oxygen atoms in total. The van der Waals surface area contributed by atoms with E-state index in [0.29, 0.717) is 25.0 Å². The van der Waals surface area contributed by atoms with E-state index in [-0.39, 0.29) is 58.4 Å². The minimum absolute atomic E-state index is 0. The molecule has 0 saturated carbocycles. The number of rotatable bonds is 35. The summed E-state index contributed by atoms with van der Waals surface area (Å²) in [7, 11) is 8.35. The second-order valence-electron chi connectivity index (χ2n) is 17.6. The molecule has 76 heavy (non-hydrogen) atoms. The second kappa shape index (κ2) is 45.1. The van der Waals surface area contributed by atoms with E-state index in [1.807, 2.05) is 0 Å². The Kier molecular flexibility index (Phi) is 47.6. The Hall–Kier alpha value is -7.30. The predicted octanol–water partition coefficient (Wildman–Crippen LogP) is 0.859. The highest BCUT2D eigenvalue weighted by atomic mass is 16.4. The number of unbranched alkanes of at least 4 members (excludes halogenated alkanes) is 1. The third kappa shape index (κ3) is 47.7. The lowest BCUT2D eigenvalue weighted by Crippen LogP contribution is -2.47. The number of hydrogen-bond donors (Lipinski definition) is 12. The molecule has 4 unspecified atom stereocenters. The van der Waals surface area contributed by atoms with Gasteiger partial charge in [0.25, 0.3) is 0 Å². The van der Waals surface area contributed by atoms with Crippen LogP contribution in [0.25, 0.3) is 0 Å². The largest absolute Gasteiger partial charge is 0.481 e. The van der Waals surface area contributed by atoms with Crippen molar-refractivity contribution < 1.29 is 103 Å². The van der Waals surface area contributed by atoms with Crippen LogP contribution in [0.5, 0.6) is 0 Å². The van der Waals surface area contributed by atoms with Gasteiger partial charge in [0.1, 0.15) is 12.1 Å². The van der Waals surface area contributed by atoms with Gasteiger partial charge >= 0.3 is 53.7 Å². The van der Waals surface area contributed by atoms with Gasteiger partial charge < -0.3 is 72.1 Å². The highest BCUT2D eigenvalue weighted by molar-refractivity contribution is 5.92. The maximum Gasteiger partial charge on any atom is 0.327 e. The molecule has 28 heteroatoms. The summed E-state index contributed by atoms with van der Waals surface area (Å²) in [5.74, 6) is -14.5. The highest BCUT2D eigenvalue weighted by Gasteiger charge is 2.36. The van der Waals surface area contributed by atoms with E-state index >= 15 is 0 Å². The maximum atomic E-state index is 12.6. The summed E-state index contributed by atoms with van der Waals surface area (Å²) < 4.78 is 0. The number of carbonyl (C=O) groups is 12. The first-order valence-corrected chi connectivity index (χ1v) is 23.0. The lowest BCUT2D eigenvalue weighted by Gasteiger charge is -2.28. The molecule has 0 aromatic rings. The first-order valence-electron chi connectivity index (χ1n) is 23.0. The molecule has 0 fully saturated rings. The average Bonchev–Trinajstić information content (AvgIpc) is 3.27. The van der Waals surface area contributed by atoms with Crippen LogP contribution in [0.3, 0.4) is 0 Å². The zero-order valence-corrected chi connectivity index (χ0v) is 44.2. The lowest BCUT2D eigenvalue weighted by atomic mass is 9.78. The van der Waals surface area contributed by atoms with Gasteiger partial charge in [-0.15, -0.1) is 0 Å². The number of carbonyl (C=O) groups excluding carboxylic acids is 3. The topological polar surface area (TPSA) is 450 Å². The fourth-order valence-electron chi connectivity index (χ4n) is 5.89. The molecule has 0 bridgehead atoms. The number of carboxylic acids is 9. The number of nitrogens with two attached hydrogens (primary N) is 1. The zero-order valence-electron chi connectivity index (χ0n) is 44.2. The number of amides is 3. The van der Waals surface area contributed by atoms with Gasteiger partial charge in [0, 0.05) is 43.2 Å². The minimum Gasteiger partial charge on any atom is -0.481 e. The van der Waals surface area contributed by atoms with Gasteiger partial charge in [-0.05, 0) is 92.6 Å². The molecule has 0 rings (SSSR count). The van der Waals surface area contributed by atoms with Crippen LogP contribution in [0.4, 0.5) is 0 Å². The van der Waals surface area contributed by atoms with Crippen molar-refractivity contribution in [2.45, 2.75) is 98.6 Å². The van der Waals surface area contributed by atoms with Crippen LogP contribution in [-0.4, -0.2) is 230 Å². The van der Waals surface area contributed by atoms with Gasteiger partial charge in [0.15, 0.2) is 0 Å². The van der Waals surface area contributed by atoms with Crippen LogP contribution in [0.1, 0.15) is 86.5 Å². The van der Waals surface area contributed by atoms with Crippen molar-refractivity contribution in [2.75, 3.05) is 80.5 Å². The van der Waals surface area contributed by atoms with Gasteiger partial charge in [0.05, 0.1) is 38.0 Å². The maximum absolute atomic E-state index is 12.6. The molecule has 0 heterocycles. The first-order chi connectivity index (χ1) is 34.4. The standard InChI is InChI=1S/C21H34N2O11.C14H22N2O7.C6H16N2.C3H5NO.C3H4O2.CH4/c1-4-12(17(28)29)8-13(18(30)31)9-21(2,3)20(34)22-7-5-6-14(19(32)33)23(10-15(24)25)11-16(26)27;1-9(2)13(21)15-6-4-3-5-10(14(22)23)16(7-11(17)18)8-12(19)20;1-7(2)5-6-8(3)4;2*1-2-3(4)5;/h12-14H,4-11H2,1-3H3,(H,22,34)(H,24,25)(H,26,27)(H,28,29)(H,30,31)(H,32,33);10H,1,3-8H2,2H3,(H,15,21)(H,17,18)(H,19,20)(H,22,23);5-6H2,1-4H3;2H,1H2,(H2,4,5);2H,1H2,(H,4,5);1H4. The highest BCUT2D eigenvalue weighted by Crippen LogP contribution is 2.31. The molecule has 0 spiro atoms. The van der Waals surface area contributed by atoms with Gasteiger partial charge in [-0.1, -0.05) is 47.9 Å². The molecule has 0 radical (unpaired) electrons. The summed E-state index contributed by atoms with van der Waals surface area (Å²) in [5, 5.41) is 85.4. The molecule has 3 amide bonds. The number of nitrogens with one attached hydrogen (secondary N) is 2. The van der Waals surface area contributed by atoms with Gasteiger partial charge in [-0.3, -0.25) is 62.5 Å². The zero-order chi connectivity index (χ0) is 59.8. The molecule has 0 saturated heterocycles. The van der Waals surface area contributed by atoms with Gasteiger partial charge in [0.2, 0.25) is 17.7 Å². The summed E-state index contributed by atoms with van der Waals surface area (Å²) in [6.45, 7) is 15.4. The van der Waals surface area contributed by atoms with Crippen LogP contribution in [0.15, 0.2) is 37.5 Å². The molecule has 0 aliphatic carbocycles. The number of aliphatic carboxylic acids is 9. The third-order valence-electron chi connectivity index (χ3n) is 9.82. The molecule has 0 aromatic carbocycles. The second-order valence-corrected chi connectivity index (χ2v) is 17.6. The van der Waals surface area contributed by atoms with E-state index in [9.17, 15) is 78.0 Å². The Morgan fingerprint density at radius 1 is 0.579 bits per heavy atom. The van der Waals surface area contributed by atoms with Gasteiger partial charge in [-0.25, -0.2) is 4.79 Å². The summed E-state index contributed by atoms with van der Waals surface area (Å²) in [6.07, 6.45) is 2.82. The average molecular weight is 1100 g/mol. The smallest absolute Gasteiger partial charge is 0.327 e. The van der Waals surface area contributed by atoms with E-state index in [1.165, 1.54) is 13.8 Å². The number of nitrogens with zero attached hydrogens (tertiary/aromatic N) is 4. The SMILES string of the molecule is C.C=C(C)C(=O)NCCCCC(C(=O)O)N(CC(=O)O)CC(=O)O.C=CC(=O)O.C=CC(N)=O.CCC(CC(CC(C)(C)C(=O)NCCCC(C(=O)O)N(CC(=O)O)CC(=O)O)C(=O)O)C(=O)O.CN(C)CCN(C)C. The van der Waals surface area contributed by atoms with Crippen molar-refractivity contribution in [1.29, 1.82) is 0 Å². The number of primary amides is 1. The molecule has 13 N–H and O–H groups in total. The van der Waals surface area contributed by atoms with E-state index < -0.39 is 121 Å². The third-order valence-corrected chi connectivity index (χ3v) is 9.82. The Labute approximate surface area is 443 Å². The molecule has 0 aliphatic heterocycles. The van der Waals surface area contributed by atoms with E-state index in [2.05, 4.69) is 74.1 Å². The van der Waals surface area contributed by atoms with Crippen LogP contribution >= 0.6 is 0 Å². The Bertz CT molecular complexity index is 1830. The fourth-order valence-corrected chi connectivity index (χ4v) is 5.89. The van der Waals surface area contributed by atoms with E-state index in [1.54, 1.807) is 13.8 Å². The summed E-state index contributed by atoms with van der Waals surface area (Å²) >= 11 is 0. The number of hydrogen-bond acceptors (Lipinski definition) is 16. The molecular weight excluding hydrogens is 1010 g/mol. The summed E-state index contributed by atoms with van der Waals surface area (Å²) in [5.41, 5.74) is 3.74. The van der Waals surface area contributed by atoms with Crippen LogP contribution in [0, 0.1) is 17.3 Å². The predicted molar refractivity (Wildman–Crippen MR) is 277 cm³/mol. The Morgan fingerprint density at radius 2 is 0.921 bits per heavy atom.